The summed E-state index contributed by atoms with van der Waals surface area (Å²) in [5, 5.41) is 2.94. The normalized spacial score (nSPS) is 15.4. The molecule has 0 unspecified atom stereocenters. The van der Waals surface area contributed by atoms with Crippen LogP contribution in [0.1, 0.15) is 18.4 Å². The Bertz CT molecular complexity index is 293. The summed E-state index contributed by atoms with van der Waals surface area (Å²) in [6.45, 7) is 0. The minimum absolute atomic E-state index is 0.119. The first-order valence-electron chi connectivity index (χ1n) is 4.53. The molecule has 1 aliphatic carbocycles. The number of nitrogens with one attached hydrogen (secondary N) is 1. The molecule has 0 atom stereocenters. The molecule has 3 nitrogen and oxygen atoms in total. The Kier molecular flexibility index (Phi) is 2.25. The molecular weight excluding hydrogens is 164 g/mol. The van der Waals surface area contributed by atoms with E-state index in [0.717, 1.165) is 18.4 Å². The van der Waals surface area contributed by atoms with Crippen molar-refractivity contribution >= 4 is 5.91 Å². The van der Waals surface area contributed by atoms with E-state index in [0.29, 0.717) is 12.5 Å². The Hall–Kier alpha value is -1.38. The molecule has 0 spiro atoms. The quantitative estimate of drug-likeness (QED) is 0.743. The Morgan fingerprint density at radius 3 is 2.77 bits per heavy atom. The molecule has 1 aromatic heterocycles. The lowest BCUT2D eigenvalue weighted by Gasteiger charge is -2.02. The van der Waals surface area contributed by atoms with Crippen LogP contribution in [0.3, 0.4) is 0 Å². The third-order valence-electron chi connectivity index (χ3n) is 2.06. The van der Waals surface area contributed by atoms with Gasteiger partial charge in [0, 0.05) is 18.4 Å². The molecule has 1 heterocycles. The number of hydrogen-bond donors (Lipinski definition) is 1. The summed E-state index contributed by atoms with van der Waals surface area (Å²) in [4.78, 5) is 15.2. The zero-order valence-electron chi connectivity index (χ0n) is 7.36. The SMILES string of the molecule is O=C(Cc1ccncc1)NC1CC1. The first-order chi connectivity index (χ1) is 6.34. The molecule has 13 heavy (non-hydrogen) atoms. The van der Waals surface area contributed by atoms with Crippen LogP contribution in [0.15, 0.2) is 24.5 Å². The van der Waals surface area contributed by atoms with Crippen LogP contribution in [0.2, 0.25) is 0 Å². The van der Waals surface area contributed by atoms with E-state index in [1.165, 1.54) is 0 Å². The summed E-state index contributed by atoms with van der Waals surface area (Å²) < 4.78 is 0. The van der Waals surface area contributed by atoms with Crippen molar-refractivity contribution in [2.45, 2.75) is 25.3 Å². The van der Waals surface area contributed by atoms with Gasteiger partial charge < -0.3 is 5.32 Å². The third kappa shape index (κ3) is 2.54. The van der Waals surface area contributed by atoms with E-state index < -0.39 is 0 Å². The topological polar surface area (TPSA) is 42.0 Å². The molecule has 2 rings (SSSR count). The second kappa shape index (κ2) is 3.56. The van der Waals surface area contributed by atoms with Gasteiger partial charge in [0.1, 0.15) is 0 Å². The lowest BCUT2D eigenvalue weighted by Crippen LogP contribution is -2.26. The molecular formula is C10H12N2O. The van der Waals surface area contributed by atoms with Crippen molar-refractivity contribution in [3.63, 3.8) is 0 Å². The summed E-state index contributed by atoms with van der Waals surface area (Å²) in [7, 11) is 0. The van der Waals surface area contributed by atoms with Gasteiger partial charge in [-0.1, -0.05) is 0 Å². The number of nitrogens with zero attached hydrogens (tertiary/aromatic N) is 1. The number of carbonyl (C=O) groups is 1. The van der Waals surface area contributed by atoms with Crippen LogP contribution in [0.25, 0.3) is 0 Å². The smallest absolute Gasteiger partial charge is 0.224 e. The maximum Gasteiger partial charge on any atom is 0.224 e. The van der Waals surface area contributed by atoms with E-state index in [9.17, 15) is 4.79 Å². The second-order valence-corrected chi connectivity index (χ2v) is 3.37. The van der Waals surface area contributed by atoms with Gasteiger partial charge in [0.2, 0.25) is 5.91 Å². The molecule has 1 aromatic rings. The minimum Gasteiger partial charge on any atom is -0.353 e. The van der Waals surface area contributed by atoms with Gasteiger partial charge in [0.15, 0.2) is 0 Å². The molecule has 68 valence electrons. The lowest BCUT2D eigenvalue weighted by molar-refractivity contribution is -0.120. The molecule has 0 bridgehead atoms. The predicted octanol–water partition coefficient (Wildman–Crippen LogP) is 0.903. The first-order valence-corrected chi connectivity index (χ1v) is 4.53. The summed E-state index contributed by atoms with van der Waals surface area (Å²) in [6.07, 6.45) is 6.17. The fourth-order valence-electron chi connectivity index (χ4n) is 1.19. The Labute approximate surface area is 77.2 Å². The Morgan fingerprint density at radius 2 is 2.15 bits per heavy atom. The van der Waals surface area contributed by atoms with Crippen LogP contribution in [0.4, 0.5) is 0 Å². The van der Waals surface area contributed by atoms with Crippen molar-refractivity contribution < 1.29 is 4.79 Å². The number of carbonyl (C=O) groups excluding carboxylic acids is 1. The van der Waals surface area contributed by atoms with E-state index in [1.54, 1.807) is 12.4 Å². The van der Waals surface area contributed by atoms with E-state index in [4.69, 9.17) is 0 Å². The zero-order valence-corrected chi connectivity index (χ0v) is 7.36. The molecule has 1 saturated carbocycles. The second-order valence-electron chi connectivity index (χ2n) is 3.37. The minimum atomic E-state index is 0.119. The number of aromatic nitrogens is 1. The highest BCUT2D eigenvalue weighted by Gasteiger charge is 2.22. The first kappa shape index (κ1) is 8.23. The van der Waals surface area contributed by atoms with E-state index in [1.807, 2.05) is 12.1 Å². The standard InChI is InChI=1S/C10H12N2O/c13-10(12-9-1-2-9)7-8-3-5-11-6-4-8/h3-6,9H,1-2,7H2,(H,12,13). The summed E-state index contributed by atoms with van der Waals surface area (Å²) in [5.41, 5.74) is 1.02. The number of hydrogen-bond acceptors (Lipinski definition) is 2. The highest BCUT2D eigenvalue weighted by atomic mass is 16.1. The predicted molar refractivity (Wildman–Crippen MR) is 49.1 cm³/mol. The zero-order chi connectivity index (χ0) is 9.10. The molecule has 1 fully saturated rings. The highest BCUT2D eigenvalue weighted by molar-refractivity contribution is 5.79. The van der Waals surface area contributed by atoms with E-state index in [2.05, 4.69) is 10.3 Å². The van der Waals surface area contributed by atoms with Gasteiger partial charge in [0.05, 0.1) is 6.42 Å². The summed E-state index contributed by atoms with van der Waals surface area (Å²) >= 11 is 0. The monoisotopic (exact) mass is 176 g/mol. The largest absolute Gasteiger partial charge is 0.353 e. The molecule has 1 aliphatic rings. The Morgan fingerprint density at radius 1 is 1.46 bits per heavy atom. The fraction of sp³-hybridized carbons (Fsp3) is 0.400. The van der Waals surface area contributed by atoms with Gasteiger partial charge in [0.25, 0.3) is 0 Å². The van der Waals surface area contributed by atoms with Crippen LogP contribution in [-0.4, -0.2) is 16.9 Å². The molecule has 0 radical (unpaired) electrons. The summed E-state index contributed by atoms with van der Waals surface area (Å²) in [5.74, 6) is 0.119. The van der Waals surface area contributed by atoms with Crippen LogP contribution < -0.4 is 5.32 Å². The molecule has 0 aromatic carbocycles. The average molecular weight is 176 g/mol. The van der Waals surface area contributed by atoms with Crippen LogP contribution >= 0.6 is 0 Å². The van der Waals surface area contributed by atoms with Crippen LogP contribution in [-0.2, 0) is 11.2 Å². The third-order valence-corrected chi connectivity index (χ3v) is 2.06. The maximum absolute atomic E-state index is 11.3. The van der Waals surface area contributed by atoms with Crippen molar-refractivity contribution in [1.29, 1.82) is 0 Å². The highest BCUT2D eigenvalue weighted by Crippen LogP contribution is 2.18. The fourth-order valence-corrected chi connectivity index (χ4v) is 1.19. The molecule has 0 saturated heterocycles. The maximum atomic E-state index is 11.3. The van der Waals surface area contributed by atoms with Gasteiger partial charge in [-0.05, 0) is 30.5 Å². The van der Waals surface area contributed by atoms with Gasteiger partial charge in [-0.15, -0.1) is 0 Å². The van der Waals surface area contributed by atoms with Crippen molar-refractivity contribution in [3.8, 4) is 0 Å². The van der Waals surface area contributed by atoms with Gasteiger partial charge >= 0.3 is 0 Å². The van der Waals surface area contributed by atoms with Crippen molar-refractivity contribution in [3.05, 3.63) is 30.1 Å². The molecule has 1 amide bonds. The van der Waals surface area contributed by atoms with Gasteiger partial charge in [-0.3, -0.25) is 9.78 Å². The van der Waals surface area contributed by atoms with E-state index >= 15 is 0 Å². The number of rotatable bonds is 3. The Balaban J connectivity index is 1.86. The number of pyridine rings is 1. The molecule has 3 heteroatoms. The van der Waals surface area contributed by atoms with Crippen LogP contribution in [0.5, 0.6) is 0 Å². The van der Waals surface area contributed by atoms with Gasteiger partial charge in [-0.25, -0.2) is 0 Å². The van der Waals surface area contributed by atoms with E-state index in [-0.39, 0.29) is 5.91 Å². The number of amides is 1. The van der Waals surface area contributed by atoms with Crippen molar-refractivity contribution in [1.82, 2.24) is 10.3 Å². The lowest BCUT2D eigenvalue weighted by atomic mass is 10.2. The van der Waals surface area contributed by atoms with Crippen molar-refractivity contribution in [2.75, 3.05) is 0 Å². The molecule has 1 N–H and O–H groups in total. The molecule has 0 aliphatic heterocycles. The average Bonchev–Trinajstić information content (AvgIpc) is 2.90. The van der Waals surface area contributed by atoms with Gasteiger partial charge in [-0.2, -0.15) is 0 Å². The van der Waals surface area contributed by atoms with Crippen LogP contribution in [0, 0.1) is 0 Å². The summed E-state index contributed by atoms with van der Waals surface area (Å²) in [6, 6.07) is 4.19. The van der Waals surface area contributed by atoms with Crippen molar-refractivity contribution in [2.24, 2.45) is 0 Å².